The highest BCUT2D eigenvalue weighted by Gasteiger charge is 2.23. The van der Waals surface area contributed by atoms with Gasteiger partial charge in [0.15, 0.2) is 0 Å². The van der Waals surface area contributed by atoms with Crippen LogP contribution in [0.25, 0.3) is 0 Å². The molecule has 0 saturated heterocycles. The summed E-state index contributed by atoms with van der Waals surface area (Å²) in [6.45, 7) is 5.42. The van der Waals surface area contributed by atoms with Gasteiger partial charge in [-0.05, 0) is 61.9 Å². The molecule has 0 saturated carbocycles. The van der Waals surface area contributed by atoms with E-state index in [1.807, 2.05) is 19.1 Å². The molecule has 0 aromatic heterocycles. The standard InChI is InChI=1S/C17H19BrN2O3S/c1-4-20(15-7-10-17(18)12(2)11-15)24(22,23)16-8-5-14(6-9-16)19-13(3)21/h5-11H,4H2,1-3H3,(H,19,21). The maximum Gasteiger partial charge on any atom is 0.264 e. The van der Waals surface area contributed by atoms with Crippen LogP contribution >= 0.6 is 15.9 Å². The number of nitrogens with one attached hydrogen (secondary N) is 1. The van der Waals surface area contributed by atoms with E-state index in [1.54, 1.807) is 25.1 Å². The predicted octanol–water partition coefficient (Wildman–Crippen LogP) is 3.93. The second-order valence-corrected chi connectivity index (χ2v) is 8.03. The summed E-state index contributed by atoms with van der Waals surface area (Å²) < 4.78 is 28.1. The van der Waals surface area contributed by atoms with E-state index in [2.05, 4.69) is 21.2 Å². The summed E-state index contributed by atoms with van der Waals surface area (Å²) in [5.74, 6) is -0.203. The number of sulfonamides is 1. The summed E-state index contributed by atoms with van der Waals surface area (Å²) in [6.07, 6.45) is 0. The van der Waals surface area contributed by atoms with Gasteiger partial charge in [0.1, 0.15) is 0 Å². The lowest BCUT2D eigenvalue weighted by atomic mass is 10.2. The van der Waals surface area contributed by atoms with Crippen molar-refractivity contribution in [3.63, 3.8) is 0 Å². The number of hydrogen-bond donors (Lipinski definition) is 1. The summed E-state index contributed by atoms with van der Waals surface area (Å²) in [6, 6.07) is 11.6. The van der Waals surface area contributed by atoms with Crippen molar-refractivity contribution in [2.24, 2.45) is 0 Å². The van der Waals surface area contributed by atoms with E-state index in [0.717, 1.165) is 10.0 Å². The van der Waals surface area contributed by atoms with Crippen LogP contribution in [-0.2, 0) is 14.8 Å². The predicted molar refractivity (Wildman–Crippen MR) is 99.8 cm³/mol. The number of halogens is 1. The monoisotopic (exact) mass is 410 g/mol. The second-order valence-electron chi connectivity index (χ2n) is 5.31. The number of amides is 1. The molecule has 2 rings (SSSR count). The number of carbonyl (C=O) groups is 1. The Hall–Kier alpha value is -1.86. The maximum absolute atomic E-state index is 12.9. The van der Waals surface area contributed by atoms with E-state index >= 15 is 0 Å². The van der Waals surface area contributed by atoms with Gasteiger partial charge < -0.3 is 5.32 Å². The van der Waals surface area contributed by atoms with E-state index in [1.165, 1.54) is 23.4 Å². The highest BCUT2D eigenvalue weighted by molar-refractivity contribution is 9.10. The van der Waals surface area contributed by atoms with Gasteiger partial charge in [0, 0.05) is 23.6 Å². The zero-order valence-corrected chi connectivity index (χ0v) is 16.1. The minimum atomic E-state index is -3.67. The fourth-order valence-electron chi connectivity index (χ4n) is 2.32. The van der Waals surface area contributed by atoms with Crippen LogP contribution in [0.1, 0.15) is 19.4 Å². The third-order valence-electron chi connectivity index (χ3n) is 3.48. The Morgan fingerprint density at radius 3 is 2.29 bits per heavy atom. The molecule has 2 aromatic carbocycles. The average Bonchev–Trinajstić information content (AvgIpc) is 2.51. The molecule has 0 atom stereocenters. The SMILES string of the molecule is CCN(c1ccc(Br)c(C)c1)S(=O)(=O)c1ccc(NC(C)=O)cc1. The Labute approximate surface area is 150 Å². The molecule has 0 radical (unpaired) electrons. The lowest BCUT2D eigenvalue weighted by Gasteiger charge is -2.23. The quantitative estimate of drug-likeness (QED) is 0.811. The maximum atomic E-state index is 12.9. The Balaban J connectivity index is 2.39. The van der Waals surface area contributed by atoms with Crippen molar-refractivity contribution in [2.75, 3.05) is 16.2 Å². The van der Waals surface area contributed by atoms with E-state index in [-0.39, 0.29) is 10.8 Å². The lowest BCUT2D eigenvalue weighted by Crippen LogP contribution is -2.30. The van der Waals surface area contributed by atoms with E-state index in [0.29, 0.717) is 17.9 Å². The number of benzene rings is 2. The van der Waals surface area contributed by atoms with Crippen LogP contribution in [-0.4, -0.2) is 20.9 Å². The summed E-state index contributed by atoms with van der Waals surface area (Å²) in [4.78, 5) is 11.2. The molecule has 0 spiro atoms. The highest BCUT2D eigenvalue weighted by atomic mass is 79.9. The molecule has 5 nitrogen and oxygen atoms in total. The topological polar surface area (TPSA) is 66.5 Å². The van der Waals surface area contributed by atoms with Crippen LogP contribution in [0.2, 0.25) is 0 Å². The minimum Gasteiger partial charge on any atom is -0.326 e. The van der Waals surface area contributed by atoms with Crippen molar-refractivity contribution >= 4 is 43.2 Å². The first kappa shape index (κ1) is 18.5. The summed E-state index contributed by atoms with van der Waals surface area (Å²) in [5, 5.41) is 2.62. The molecule has 7 heteroatoms. The molecular weight excluding hydrogens is 392 g/mol. The number of anilines is 2. The summed E-state index contributed by atoms with van der Waals surface area (Å²) >= 11 is 3.42. The normalized spacial score (nSPS) is 11.2. The van der Waals surface area contributed by atoms with Crippen LogP contribution < -0.4 is 9.62 Å². The molecule has 0 unspecified atom stereocenters. The Morgan fingerprint density at radius 2 is 1.79 bits per heavy atom. The Bertz CT molecular complexity index is 849. The average molecular weight is 411 g/mol. The molecule has 0 fully saturated rings. The lowest BCUT2D eigenvalue weighted by molar-refractivity contribution is -0.114. The number of nitrogens with zero attached hydrogens (tertiary/aromatic N) is 1. The minimum absolute atomic E-state index is 0.180. The Kier molecular flexibility index (Phi) is 5.66. The van der Waals surface area contributed by atoms with E-state index in [4.69, 9.17) is 0 Å². The zero-order valence-electron chi connectivity index (χ0n) is 13.7. The fraction of sp³-hybridized carbons (Fsp3) is 0.235. The molecule has 0 heterocycles. The van der Waals surface area contributed by atoms with Crippen molar-refractivity contribution in [3.8, 4) is 0 Å². The summed E-state index contributed by atoms with van der Waals surface area (Å²) in [5.41, 5.74) is 2.13. The number of rotatable bonds is 5. The zero-order chi connectivity index (χ0) is 17.9. The van der Waals surface area contributed by atoms with Crippen LogP contribution in [0.5, 0.6) is 0 Å². The fourth-order valence-corrected chi connectivity index (χ4v) is 4.03. The second kappa shape index (κ2) is 7.36. The third kappa shape index (κ3) is 3.96. The molecule has 0 bridgehead atoms. The smallest absolute Gasteiger partial charge is 0.264 e. The van der Waals surface area contributed by atoms with Crippen molar-refractivity contribution in [1.29, 1.82) is 0 Å². The summed E-state index contributed by atoms with van der Waals surface area (Å²) in [7, 11) is -3.67. The van der Waals surface area contributed by atoms with Gasteiger partial charge >= 0.3 is 0 Å². The van der Waals surface area contributed by atoms with Crippen molar-refractivity contribution < 1.29 is 13.2 Å². The Morgan fingerprint density at radius 1 is 1.17 bits per heavy atom. The molecule has 0 aliphatic heterocycles. The van der Waals surface area contributed by atoms with E-state index < -0.39 is 10.0 Å². The van der Waals surface area contributed by atoms with Crippen molar-refractivity contribution in [2.45, 2.75) is 25.7 Å². The largest absolute Gasteiger partial charge is 0.326 e. The molecular formula is C17H19BrN2O3S. The number of aryl methyl sites for hydroxylation is 1. The van der Waals surface area contributed by atoms with Crippen LogP contribution in [0.3, 0.4) is 0 Å². The van der Waals surface area contributed by atoms with Gasteiger partial charge in [0.2, 0.25) is 5.91 Å². The van der Waals surface area contributed by atoms with Crippen LogP contribution in [0, 0.1) is 6.92 Å². The molecule has 0 aliphatic carbocycles. The van der Waals surface area contributed by atoms with Crippen LogP contribution in [0.4, 0.5) is 11.4 Å². The highest BCUT2D eigenvalue weighted by Crippen LogP contribution is 2.28. The third-order valence-corrected chi connectivity index (χ3v) is 6.29. The van der Waals surface area contributed by atoms with Crippen molar-refractivity contribution in [3.05, 3.63) is 52.5 Å². The molecule has 1 N–H and O–H groups in total. The van der Waals surface area contributed by atoms with E-state index in [9.17, 15) is 13.2 Å². The molecule has 2 aromatic rings. The molecule has 0 aliphatic rings. The van der Waals surface area contributed by atoms with Gasteiger partial charge in [-0.25, -0.2) is 8.42 Å². The molecule has 24 heavy (non-hydrogen) atoms. The number of carbonyl (C=O) groups excluding carboxylic acids is 1. The molecule has 1 amide bonds. The van der Waals surface area contributed by atoms with Crippen LogP contribution in [0.15, 0.2) is 51.8 Å². The van der Waals surface area contributed by atoms with Gasteiger partial charge in [0.25, 0.3) is 10.0 Å². The van der Waals surface area contributed by atoms with Gasteiger partial charge in [-0.1, -0.05) is 15.9 Å². The van der Waals surface area contributed by atoms with Gasteiger partial charge in [-0.15, -0.1) is 0 Å². The molecule has 128 valence electrons. The van der Waals surface area contributed by atoms with Crippen molar-refractivity contribution in [1.82, 2.24) is 0 Å². The first-order valence-electron chi connectivity index (χ1n) is 7.42. The first-order chi connectivity index (χ1) is 11.3. The first-order valence-corrected chi connectivity index (χ1v) is 9.65. The number of hydrogen-bond acceptors (Lipinski definition) is 3. The van der Waals surface area contributed by atoms with Gasteiger partial charge in [0.05, 0.1) is 10.6 Å². The van der Waals surface area contributed by atoms with Gasteiger partial charge in [-0.2, -0.15) is 0 Å². The van der Waals surface area contributed by atoms with Gasteiger partial charge in [-0.3, -0.25) is 9.10 Å².